The molecule has 2 aromatic heterocycles. The second-order valence-electron chi connectivity index (χ2n) is 10.8. The summed E-state index contributed by atoms with van der Waals surface area (Å²) in [5.74, 6) is -1.25. The second-order valence-corrected chi connectivity index (χ2v) is 10.8. The Labute approximate surface area is 234 Å². The number of halogens is 5. The van der Waals surface area contributed by atoms with Crippen molar-refractivity contribution in [3.8, 4) is 0 Å². The number of alkyl halides is 4. The lowest BCUT2D eigenvalue weighted by Crippen LogP contribution is -2.48. The van der Waals surface area contributed by atoms with Gasteiger partial charge in [-0.3, -0.25) is 14.6 Å². The number of fused-ring (bicyclic) bond motifs is 1. The largest absolute Gasteiger partial charge is 0.403 e. The lowest BCUT2D eigenvalue weighted by atomic mass is 9.96. The molecule has 0 radical (unpaired) electrons. The van der Waals surface area contributed by atoms with Crippen molar-refractivity contribution >= 4 is 24.2 Å². The van der Waals surface area contributed by atoms with Crippen LogP contribution in [-0.2, 0) is 22.4 Å². The van der Waals surface area contributed by atoms with E-state index in [0.29, 0.717) is 30.6 Å². The highest BCUT2D eigenvalue weighted by molar-refractivity contribution is 5.87. The van der Waals surface area contributed by atoms with Gasteiger partial charge in [-0.15, -0.1) is 0 Å². The molecule has 1 N–H and O–H groups in total. The van der Waals surface area contributed by atoms with Gasteiger partial charge in [0.15, 0.2) is 0 Å². The van der Waals surface area contributed by atoms with E-state index in [-0.39, 0.29) is 30.9 Å². The van der Waals surface area contributed by atoms with Crippen LogP contribution in [0.4, 0.5) is 27.8 Å². The van der Waals surface area contributed by atoms with Crippen molar-refractivity contribution in [3.05, 3.63) is 82.6 Å². The lowest BCUT2D eigenvalue weighted by molar-refractivity contribution is -0.199. The van der Waals surface area contributed by atoms with E-state index < -0.39 is 42.0 Å². The molecule has 1 fully saturated rings. The smallest absolute Gasteiger partial charge is 0.331 e. The molecule has 41 heavy (non-hydrogen) atoms. The number of aromatic nitrogens is 2. The first-order valence-corrected chi connectivity index (χ1v) is 13.4. The van der Waals surface area contributed by atoms with Crippen molar-refractivity contribution in [2.75, 3.05) is 11.9 Å². The van der Waals surface area contributed by atoms with E-state index in [0.717, 1.165) is 33.9 Å². The average molecular weight is 573 g/mol. The van der Waals surface area contributed by atoms with Crippen molar-refractivity contribution in [2.24, 2.45) is 5.41 Å². The third-order valence-electron chi connectivity index (χ3n) is 8.07. The van der Waals surface area contributed by atoms with Crippen molar-refractivity contribution in [3.63, 3.8) is 0 Å². The Morgan fingerprint density at radius 3 is 2.71 bits per heavy atom. The number of amides is 2. The van der Waals surface area contributed by atoms with E-state index in [4.69, 9.17) is 0 Å². The number of nitrogens with one attached hydrogen (secondary N) is 1. The number of allylic oxidation sites excluding steroid dienone is 2. The zero-order valence-corrected chi connectivity index (χ0v) is 22.3. The number of carbonyl (C=O) groups is 2. The van der Waals surface area contributed by atoms with E-state index >= 15 is 0 Å². The molecule has 5 rings (SSSR count). The van der Waals surface area contributed by atoms with Gasteiger partial charge in [-0.1, -0.05) is 18.2 Å². The molecule has 0 aliphatic heterocycles. The SMILES string of the molecule is C[C@H](C1=CC(F)CC(F)=C1)N(C/C=C/c1cnc2c(c1)CC(c1cccnc1NC=O)C2)C(=O)C1(C(F)(F)F)CC1. The summed E-state index contributed by atoms with van der Waals surface area (Å²) in [7, 11) is 0. The molecule has 3 aliphatic rings. The third kappa shape index (κ3) is 5.80. The fraction of sp³-hybridized carbons (Fsp3) is 0.400. The summed E-state index contributed by atoms with van der Waals surface area (Å²) in [6.45, 7) is 1.30. The maximum absolute atomic E-state index is 14.0. The van der Waals surface area contributed by atoms with E-state index in [9.17, 15) is 31.5 Å². The first kappa shape index (κ1) is 28.6. The Bertz CT molecular complexity index is 1430. The van der Waals surface area contributed by atoms with E-state index in [1.165, 1.54) is 6.92 Å². The zero-order valence-electron chi connectivity index (χ0n) is 22.3. The monoisotopic (exact) mass is 572 g/mol. The molecular weight excluding hydrogens is 543 g/mol. The first-order valence-electron chi connectivity index (χ1n) is 13.4. The number of rotatable bonds is 9. The Balaban J connectivity index is 1.35. The topological polar surface area (TPSA) is 75.2 Å². The summed E-state index contributed by atoms with van der Waals surface area (Å²) in [6, 6.07) is 4.68. The van der Waals surface area contributed by atoms with Crippen molar-refractivity contribution in [1.82, 2.24) is 14.9 Å². The number of carbonyl (C=O) groups excluding carboxylic acids is 2. The molecule has 1 saturated carbocycles. The minimum Gasteiger partial charge on any atom is -0.331 e. The number of pyridine rings is 2. The molecule has 216 valence electrons. The van der Waals surface area contributed by atoms with Crippen LogP contribution in [0.3, 0.4) is 0 Å². The summed E-state index contributed by atoms with van der Waals surface area (Å²) >= 11 is 0. The number of hydrogen-bond acceptors (Lipinski definition) is 4. The molecule has 2 aromatic rings. The third-order valence-corrected chi connectivity index (χ3v) is 8.07. The van der Waals surface area contributed by atoms with Crippen LogP contribution < -0.4 is 5.32 Å². The summed E-state index contributed by atoms with van der Waals surface area (Å²) in [5, 5.41) is 2.63. The van der Waals surface area contributed by atoms with E-state index in [1.807, 2.05) is 12.1 Å². The van der Waals surface area contributed by atoms with Crippen LogP contribution in [0, 0.1) is 5.41 Å². The standard InChI is InChI=1S/C30H29F5N4O2/c1-18(20-12-23(31)15-24(32)13-20)39(28(41)29(6-7-29)30(33,34)35)9-3-4-19-10-22-11-21(14-26(22)37-16-19)25-5-2-8-36-27(25)38-17-40/h2-5,8,10,12-13,16-18,21,23H,6-7,9,11,14-15H2,1H3,(H,36,38,40)/b4-3+/t18-,21?,23?/m1/s1. The lowest BCUT2D eigenvalue weighted by Gasteiger charge is -2.34. The number of anilines is 1. The molecule has 6 nitrogen and oxygen atoms in total. The Kier molecular flexibility index (Phi) is 7.80. The highest BCUT2D eigenvalue weighted by Gasteiger charge is 2.69. The molecule has 3 atom stereocenters. The van der Waals surface area contributed by atoms with Gasteiger partial charge in [0, 0.05) is 31.1 Å². The highest BCUT2D eigenvalue weighted by Crippen LogP contribution is 2.59. The summed E-state index contributed by atoms with van der Waals surface area (Å²) < 4.78 is 69.5. The Morgan fingerprint density at radius 1 is 1.24 bits per heavy atom. The molecule has 3 aliphatic carbocycles. The van der Waals surface area contributed by atoms with Gasteiger partial charge >= 0.3 is 6.18 Å². The highest BCUT2D eigenvalue weighted by atomic mass is 19.4. The summed E-state index contributed by atoms with van der Waals surface area (Å²) in [4.78, 5) is 34.1. The van der Waals surface area contributed by atoms with Crippen LogP contribution in [0.15, 0.2) is 60.2 Å². The Hall–Kier alpha value is -3.89. The van der Waals surface area contributed by atoms with E-state index in [1.54, 1.807) is 30.6 Å². The van der Waals surface area contributed by atoms with E-state index in [2.05, 4.69) is 15.3 Å². The molecule has 11 heteroatoms. The molecule has 0 bridgehead atoms. The molecule has 0 spiro atoms. The maximum atomic E-state index is 14.0. The fourth-order valence-corrected chi connectivity index (χ4v) is 5.64. The van der Waals surface area contributed by atoms with Crippen LogP contribution >= 0.6 is 0 Å². The molecule has 0 aromatic carbocycles. The van der Waals surface area contributed by atoms with Gasteiger partial charge < -0.3 is 10.2 Å². The first-order chi connectivity index (χ1) is 19.5. The van der Waals surface area contributed by atoms with Gasteiger partial charge in [-0.05, 0) is 85.1 Å². The predicted octanol–water partition coefficient (Wildman–Crippen LogP) is 6.02. The number of nitrogens with zero attached hydrogens (tertiary/aromatic N) is 3. The predicted molar refractivity (Wildman–Crippen MR) is 143 cm³/mol. The van der Waals surface area contributed by atoms with Gasteiger partial charge in [-0.2, -0.15) is 13.2 Å². The second kappa shape index (κ2) is 11.2. The summed E-state index contributed by atoms with van der Waals surface area (Å²) in [5.41, 5.74) is 1.16. The van der Waals surface area contributed by atoms with Crippen LogP contribution in [0.25, 0.3) is 6.08 Å². The van der Waals surface area contributed by atoms with Crippen LogP contribution in [0.2, 0.25) is 0 Å². The average Bonchev–Trinajstić information content (AvgIpc) is 3.65. The fourth-order valence-electron chi connectivity index (χ4n) is 5.64. The molecule has 0 saturated heterocycles. The summed E-state index contributed by atoms with van der Waals surface area (Å²) in [6.07, 6.45) is 3.26. The zero-order chi connectivity index (χ0) is 29.4. The normalized spacial score (nSPS) is 22.0. The Morgan fingerprint density at radius 2 is 2.02 bits per heavy atom. The molecule has 2 unspecified atom stereocenters. The maximum Gasteiger partial charge on any atom is 0.403 e. The van der Waals surface area contributed by atoms with Crippen LogP contribution in [0.5, 0.6) is 0 Å². The minimum absolute atomic E-state index is 0.0653. The van der Waals surface area contributed by atoms with Gasteiger partial charge in [0.05, 0.1) is 6.04 Å². The van der Waals surface area contributed by atoms with Crippen molar-refractivity contribution in [2.45, 2.75) is 63.3 Å². The minimum atomic E-state index is -4.72. The molecule has 2 amide bonds. The van der Waals surface area contributed by atoms with Gasteiger partial charge in [0.25, 0.3) is 0 Å². The van der Waals surface area contributed by atoms with Crippen LogP contribution in [-0.4, -0.2) is 52.1 Å². The van der Waals surface area contributed by atoms with Crippen molar-refractivity contribution < 1.29 is 31.5 Å². The number of hydrogen-bond donors (Lipinski definition) is 1. The quantitative estimate of drug-likeness (QED) is 0.295. The van der Waals surface area contributed by atoms with Gasteiger partial charge in [0.1, 0.15) is 23.2 Å². The van der Waals surface area contributed by atoms with Crippen molar-refractivity contribution in [1.29, 1.82) is 0 Å². The molecular formula is C30H29F5N4O2. The molecule has 2 heterocycles. The van der Waals surface area contributed by atoms with Crippen LogP contribution in [0.1, 0.15) is 54.5 Å². The van der Waals surface area contributed by atoms with Gasteiger partial charge in [-0.25, -0.2) is 13.8 Å². The van der Waals surface area contributed by atoms with Gasteiger partial charge in [0.2, 0.25) is 12.3 Å².